The van der Waals surface area contributed by atoms with E-state index >= 15 is 0 Å². The molecule has 1 N–H and O–H groups in total. The van der Waals surface area contributed by atoms with Gasteiger partial charge in [-0.3, -0.25) is 0 Å². The molecule has 2 heterocycles. The lowest BCUT2D eigenvalue weighted by atomic mass is 10.1. The minimum atomic E-state index is 1.10. The highest BCUT2D eigenvalue weighted by molar-refractivity contribution is 8.03. The summed E-state index contributed by atoms with van der Waals surface area (Å²) in [6.45, 7) is 4.51. The molecule has 0 radical (unpaired) electrons. The number of hydrogen-bond donors (Lipinski definition) is 1. The number of thioether (sulfide) groups is 1. The number of benzene rings is 1. The first-order valence-electron chi connectivity index (χ1n) is 8.88. The molecule has 3 rings (SSSR count). The second-order valence-corrected chi connectivity index (χ2v) is 8.31. The van der Waals surface area contributed by atoms with Gasteiger partial charge in [-0.25, -0.2) is 0 Å². The summed E-state index contributed by atoms with van der Waals surface area (Å²) in [6.07, 6.45) is 10.5. The van der Waals surface area contributed by atoms with Gasteiger partial charge in [0.2, 0.25) is 5.52 Å². The average Bonchev–Trinajstić information content (AvgIpc) is 3.19. The summed E-state index contributed by atoms with van der Waals surface area (Å²) < 4.78 is 3.92. The Labute approximate surface area is 148 Å². The summed E-state index contributed by atoms with van der Waals surface area (Å²) in [5, 5.41) is 6.20. The molecule has 0 bridgehead atoms. The second kappa shape index (κ2) is 8.74. The predicted molar refractivity (Wildman–Crippen MR) is 104 cm³/mol. The van der Waals surface area contributed by atoms with Crippen LogP contribution >= 0.6 is 23.1 Å². The highest BCUT2D eigenvalue weighted by Gasteiger charge is 2.19. The van der Waals surface area contributed by atoms with Gasteiger partial charge in [-0.05, 0) is 12.5 Å². The molecule has 1 saturated heterocycles. The smallest absolute Gasteiger partial charge is 0.265 e. The van der Waals surface area contributed by atoms with Crippen molar-refractivity contribution in [3.8, 4) is 0 Å². The number of aryl methyl sites for hydroxylation is 1. The van der Waals surface area contributed by atoms with Crippen LogP contribution in [0.5, 0.6) is 0 Å². The number of aromatic nitrogens is 1. The standard InChI is InChI=1S/C19H26N2S2/c1-2-3-4-5-6-9-13-21-16-10-7-8-11-17(16)23-19(21)15-18-20-12-14-22-18/h7-8,10-11,15H,2-6,9,12-14H2,1H3/p+1. The molecule has 0 atom stereocenters. The van der Waals surface area contributed by atoms with Gasteiger partial charge in [0.05, 0.1) is 11.1 Å². The normalized spacial score (nSPS) is 16.3. The largest absolute Gasteiger partial charge is 0.379 e. The summed E-state index contributed by atoms with van der Waals surface area (Å²) in [7, 11) is 0. The third-order valence-electron chi connectivity index (χ3n) is 4.29. The summed E-state index contributed by atoms with van der Waals surface area (Å²) in [6, 6.07) is 8.81. The van der Waals surface area contributed by atoms with E-state index in [9.17, 15) is 0 Å². The molecule has 0 aliphatic carbocycles. The topological polar surface area (TPSA) is 15.9 Å². The van der Waals surface area contributed by atoms with Crippen molar-refractivity contribution in [1.29, 1.82) is 0 Å². The molecular formula is C19H27N2S2+. The Kier molecular flexibility index (Phi) is 6.40. The number of para-hydroxylation sites is 1. The fraction of sp³-hybridized carbons (Fsp3) is 0.526. The van der Waals surface area contributed by atoms with Gasteiger partial charge in [0.25, 0.3) is 5.01 Å². The van der Waals surface area contributed by atoms with Crippen molar-refractivity contribution in [1.82, 2.24) is 5.32 Å². The Balaban J connectivity index is 1.72. The van der Waals surface area contributed by atoms with E-state index < -0.39 is 0 Å². The molecule has 1 aliphatic rings. The molecule has 2 nitrogen and oxygen atoms in total. The third-order valence-corrected chi connectivity index (χ3v) is 6.38. The fourth-order valence-electron chi connectivity index (χ4n) is 3.03. The van der Waals surface area contributed by atoms with Crippen LogP contribution in [0.2, 0.25) is 0 Å². The first kappa shape index (κ1) is 16.8. The van der Waals surface area contributed by atoms with Crippen molar-refractivity contribution in [2.24, 2.45) is 0 Å². The van der Waals surface area contributed by atoms with Crippen LogP contribution in [0.15, 0.2) is 29.3 Å². The maximum absolute atomic E-state index is 3.48. The first-order valence-corrected chi connectivity index (χ1v) is 10.7. The lowest BCUT2D eigenvalue weighted by Gasteiger charge is -2.00. The van der Waals surface area contributed by atoms with E-state index in [0.29, 0.717) is 0 Å². The van der Waals surface area contributed by atoms with Gasteiger partial charge in [0, 0.05) is 24.8 Å². The van der Waals surface area contributed by atoms with Crippen molar-refractivity contribution < 1.29 is 4.57 Å². The summed E-state index contributed by atoms with van der Waals surface area (Å²) in [5.41, 5.74) is 1.39. The number of nitrogens with one attached hydrogen (secondary N) is 1. The summed E-state index contributed by atoms with van der Waals surface area (Å²) in [4.78, 5) is 0. The Morgan fingerprint density at radius 3 is 2.78 bits per heavy atom. The number of rotatable bonds is 8. The van der Waals surface area contributed by atoms with Crippen LogP contribution in [0.1, 0.15) is 50.5 Å². The summed E-state index contributed by atoms with van der Waals surface area (Å²) in [5.74, 6) is 1.19. The van der Waals surface area contributed by atoms with E-state index in [4.69, 9.17) is 0 Å². The van der Waals surface area contributed by atoms with E-state index in [0.717, 1.165) is 13.1 Å². The van der Waals surface area contributed by atoms with Crippen molar-refractivity contribution in [3.05, 3.63) is 34.3 Å². The molecule has 1 aromatic carbocycles. The second-order valence-electron chi connectivity index (χ2n) is 6.11. The fourth-order valence-corrected chi connectivity index (χ4v) is 5.06. The molecule has 1 fully saturated rings. The molecule has 0 saturated carbocycles. The zero-order chi connectivity index (χ0) is 15.9. The minimum absolute atomic E-state index is 1.10. The Morgan fingerprint density at radius 2 is 1.96 bits per heavy atom. The van der Waals surface area contributed by atoms with Crippen LogP contribution in [0.3, 0.4) is 0 Å². The molecule has 1 aromatic heterocycles. The highest BCUT2D eigenvalue weighted by atomic mass is 32.2. The van der Waals surface area contributed by atoms with E-state index in [2.05, 4.69) is 47.1 Å². The van der Waals surface area contributed by atoms with Gasteiger partial charge in [0.15, 0.2) is 6.54 Å². The lowest BCUT2D eigenvalue weighted by Crippen LogP contribution is -2.35. The molecule has 0 amide bonds. The van der Waals surface area contributed by atoms with Crippen molar-refractivity contribution in [3.63, 3.8) is 0 Å². The molecule has 23 heavy (non-hydrogen) atoms. The maximum atomic E-state index is 3.48. The molecule has 0 spiro atoms. The Bertz CT molecular complexity index is 652. The van der Waals surface area contributed by atoms with E-state index in [1.165, 1.54) is 64.5 Å². The Hall–Kier alpha value is -1.00. The lowest BCUT2D eigenvalue weighted by molar-refractivity contribution is -0.669. The zero-order valence-corrected chi connectivity index (χ0v) is 15.6. The quantitative estimate of drug-likeness (QED) is 0.523. The van der Waals surface area contributed by atoms with E-state index in [1.54, 1.807) is 0 Å². The van der Waals surface area contributed by atoms with Crippen LogP contribution in [-0.4, -0.2) is 12.3 Å². The van der Waals surface area contributed by atoms with E-state index in [-0.39, 0.29) is 0 Å². The van der Waals surface area contributed by atoms with Gasteiger partial charge in [-0.15, -0.1) is 11.8 Å². The van der Waals surface area contributed by atoms with Crippen molar-refractivity contribution >= 4 is 39.4 Å². The van der Waals surface area contributed by atoms with Crippen molar-refractivity contribution in [2.45, 2.75) is 52.0 Å². The SMILES string of the molecule is CCCCCCCC[n+]1c(C=C2NCCS2)sc2ccccc21. The summed E-state index contributed by atoms with van der Waals surface area (Å²) >= 11 is 3.85. The number of nitrogens with zero attached hydrogens (tertiary/aromatic N) is 1. The van der Waals surface area contributed by atoms with E-state index in [1.807, 2.05) is 23.1 Å². The van der Waals surface area contributed by atoms with Gasteiger partial charge >= 0.3 is 0 Å². The molecular weight excluding hydrogens is 320 g/mol. The number of thiazole rings is 1. The van der Waals surface area contributed by atoms with Crippen LogP contribution < -0.4 is 9.88 Å². The highest BCUT2D eigenvalue weighted by Crippen LogP contribution is 2.26. The third kappa shape index (κ3) is 4.51. The van der Waals surface area contributed by atoms with Gasteiger partial charge < -0.3 is 5.32 Å². The number of unbranched alkanes of at least 4 members (excludes halogenated alkanes) is 5. The predicted octanol–water partition coefficient (Wildman–Crippen LogP) is 5.18. The molecule has 124 valence electrons. The molecule has 4 heteroatoms. The van der Waals surface area contributed by atoms with Crippen LogP contribution in [0.4, 0.5) is 0 Å². The van der Waals surface area contributed by atoms with Gasteiger partial charge in [-0.1, -0.05) is 56.1 Å². The number of fused-ring (bicyclic) bond motifs is 1. The monoisotopic (exact) mass is 347 g/mol. The maximum Gasteiger partial charge on any atom is 0.265 e. The molecule has 1 aliphatic heterocycles. The Morgan fingerprint density at radius 1 is 1.13 bits per heavy atom. The van der Waals surface area contributed by atoms with Crippen LogP contribution in [-0.2, 0) is 6.54 Å². The zero-order valence-electron chi connectivity index (χ0n) is 14.0. The molecule has 2 aromatic rings. The minimum Gasteiger partial charge on any atom is -0.379 e. The van der Waals surface area contributed by atoms with Gasteiger partial charge in [0.1, 0.15) is 4.70 Å². The average molecular weight is 348 g/mol. The van der Waals surface area contributed by atoms with Crippen LogP contribution in [0.25, 0.3) is 16.3 Å². The van der Waals surface area contributed by atoms with Crippen molar-refractivity contribution in [2.75, 3.05) is 12.3 Å². The number of hydrogen-bond acceptors (Lipinski definition) is 3. The van der Waals surface area contributed by atoms with Crippen LogP contribution in [0, 0.1) is 0 Å². The van der Waals surface area contributed by atoms with Gasteiger partial charge in [-0.2, -0.15) is 4.57 Å². The molecule has 0 unspecified atom stereocenters. The first-order chi connectivity index (χ1) is 11.4.